The lowest BCUT2D eigenvalue weighted by Crippen LogP contribution is -2.36. The number of carbonyl (C=O) groups is 1. The van der Waals surface area contributed by atoms with Crippen LogP contribution >= 0.6 is 11.3 Å². The number of ether oxygens (including phenoxy) is 3. The summed E-state index contributed by atoms with van der Waals surface area (Å²) in [6.07, 6.45) is 3.37. The summed E-state index contributed by atoms with van der Waals surface area (Å²) in [4.78, 5) is 16.1. The van der Waals surface area contributed by atoms with Gasteiger partial charge in [0.25, 0.3) is 0 Å². The van der Waals surface area contributed by atoms with Crippen LogP contribution in [0.5, 0.6) is 11.5 Å². The molecule has 1 saturated heterocycles. The van der Waals surface area contributed by atoms with Gasteiger partial charge in [-0.15, -0.1) is 11.3 Å². The molecule has 0 spiro atoms. The fraction of sp³-hybridized carbons (Fsp3) is 0.476. The maximum absolute atomic E-state index is 13.0. The van der Waals surface area contributed by atoms with Crippen LogP contribution in [-0.2, 0) is 22.5 Å². The lowest BCUT2D eigenvalue weighted by molar-refractivity contribution is -0.133. The van der Waals surface area contributed by atoms with Gasteiger partial charge >= 0.3 is 0 Å². The van der Waals surface area contributed by atoms with E-state index in [1.165, 1.54) is 4.88 Å². The normalized spacial score (nSPS) is 16.3. The van der Waals surface area contributed by atoms with Crippen LogP contribution in [0.2, 0.25) is 0 Å². The molecule has 27 heavy (non-hydrogen) atoms. The number of thiophene rings is 1. The van der Waals surface area contributed by atoms with E-state index in [0.717, 1.165) is 36.5 Å². The molecule has 2 aromatic rings. The molecule has 0 N–H and O–H groups in total. The fourth-order valence-electron chi connectivity index (χ4n) is 3.30. The predicted octanol–water partition coefficient (Wildman–Crippen LogP) is 3.91. The van der Waals surface area contributed by atoms with E-state index in [4.69, 9.17) is 14.2 Å². The summed E-state index contributed by atoms with van der Waals surface area (Å²) in [5.74, 6) is 1.64. The Labute approximate surface area is 164 Å². The van der Waals surface area contributed by atoms with Gasteiger partial charge in [0.15, 0.2) is 0 Å². The second-order valence-corrected chi connectivity index (χ2v) is 7.74. The molecule has 146 valence electrons. The molecule has 1 fully saturated rings. The minimum atomic E-state index is 0.153. The predicted molar refractivity (Wildman–Crippen MR) is 107 cm³/mol. The van der Waals surface area contributed by atoms with E-state index in [1.54, 1.807) is 25.6 Å². The molecule has 0 saturated carbocycles. The Morgan fingerprint density at radius 1 is 1.26 bits per heavy atom. The molecule has 1 amide bonds. The van der Waals surface area contributed by atoms with Crippen LogP contribution in [0.25, 0.3) is 0 Å². The third-order valence-electron chi connectivity index (χ3n) is 4.77. The van der Waals surface area contributed by atoms with Crippen molar-refractivity contribution in [1.29, 1.82) is 0 Å². The molecule has 0 radical (unpaired) electrons. The molecule has 1 unspecified atom stereocenters. The average molecular weight is 390 g/mol. The monoisotopic (exact) mass is 389 g/mol. The zero-order valence-electron chi connectivity index (χ0n) is 16.0. The topological polar surface area (TPSA) is 48.0 Å². The highest BCUT2D eigenvalue weighted by atomic mass is 32.1. The van der Waals surface area contributed by atoms with Crippen molar-refractivity contribution in [3.63, 3.8) is 0 Å². The van der Waals surface area contributed by atoms with Gasteiger partial charge in [0, 0.05) is 30.5 Å². The van der Waals surface area contributed by atoms with Gasteiger partial charge in [-0.05, 0) is 48.4 Å². The van der Waals surface area contributed by atoms with Gasteiger partial charge in [-0.25, -0.2) is 0 Å². The highest BCUT2D eigenvalue weighted by Gasteiger charge is 2.23. The van der Waals surface area contributed by atoms with Gasteiger partial charge in [0.2, 0.25) is 5.91 Å². The van der Waals surface area contributed by atoms with Crippen LogP contribution in [0.3, 0.4) is 0 Å². The Hall–Kier alpha value is -2.05. The first kappa shape index (κ1) is 19.7. The minimum Gasteiger partial charge on any atom is -0.497 e. The van der Waals surface area contributed by atoms with Crippen LogP contribution < -0.4 is 9.47 Å². The molecular weight excluding hydrogens is 362 g/mol. The van der Waals surface area contributed by atoms with Gasteiger partial charge < -0.3 is 19.1 Å². The van der Waals surface area contributed by atoms with Gasteiger partial charge in [-0.2, -0.15) is 0 Å². The number of hydrogen-bond acceptors (Lipinski definition) is 5. The molecule has 6 heteroatoms. The molecule has 5 nitrogen and oxygen atoms in total. The Morgan fingerprint density at radius 3 is 2.63 bits per heavy atom. The summed E-state index contributed by atoms with van der Waals surface area (Å²) >= 11 is 1.68. The highest BCUT2D eigenvalue weighted by molar-refractivity contribution is 7.09. The van der Waals surface area contributed by atoms with Crippen molar-refractivity contribution in [2.24, 2.45) is 0 Å². The summed E-state index contributed by atoms with van der Waals surface area (Å²) in [6, 6.07) is 9.86. The SMILES string of the molecule is COc1cc(CCC(=O)N(Cc2cccs2)CC2CCCO2)cc(OC)c1. The Kier molecular flexibility index (Phi) is 7.12. The summed E-state index contributed by atoms with van der Waals surface area (Å²) in [5, 5.41) is 2.05. The number of rotatable bonds is 9. The molecule has 1 aliphatic rings. The minimum absolute atomic E-state index is 0.153. The first-order chi connectivity index (χ1) is 13.2. The summed E-state index contributed by atoms with van der Waals surface area (Å²) in [6.45, 7) is 2.12. The maximum atomic E-state index is 13.0. The van der Waals surface area contributed by atoms with Crippen LogP contribution in [0, 0.1) is 0 Å². The van der Waals surface area contributed by atoms with Gasteiger partial charge in [-0.1, -0.05) is 6.07 Å². The average Bonchev–Trinajstić information content (AvgIpc) is 3.39. The highest BCUT2D eigenvalue weighted by Crippen LogP contribution is 2.24. The van der Waals surface area contributed by atoms with Crippen molar-refractivity contribution in [1.82, 2.24) is 4.90 Å². The van der Waals surface area contributed by atoms with E-state index in [9.17, 15) is 4.79 Å². The largest absolute Gasteiger partial charge is 0.497 e. The lowest BCUT2D eigenvalue weighted by atomic mass is 10.1. The lowest BCUT2D eigenvalue weighted by Gasteiger charge is -2.25. The summed E-state index contributed by atoms with van der Waals surface area (Å²) in [7, 11) is 3.27. The second kappa shape index (κ2) is 9.76. The van der Waals surface area contributed by atoms with Crippen molar-refractivity contribution in [3.05, 3.63) is 46.2 Å². The van der Waals surface area contributed by atoms with Crippen molar-refractivity contribution in [2.75, 3.05) is 27.4 Å². The third kappa shape index (κ3) is 5.71. The van der Waals surface area contributed by atoms with E-state index in [0.29, 0.717) is 25.9 Å². The van der Waals surface area contributed by atoms with Crippen LogP contribution in [0.15, 0.2) is 35.7 Å². The Bertz CT molecular complexity index is 704. The van der Waals surface area contributed by atoms with Crippen molar-refractivity contribution < 1.29 is 19.0 Å². The van der Waals surface area contributed by atoms with Crippen molar-refractivity contribution in [2.45, 2.75) is 38.3 Å². The summed E-state index contributed by atoms with van der Waals surface area (Å²) < 4.78 is 16.4. The van der Waals surface area contributed by atoms with E-state index < -0.39 is 0 Å². The molecule has 2 heterocycles. The number of aryl methyl sites for hydroxylation is 1. The zero-order chi connectivity index (χ0) is 19.1. The van der Waals surface area contributed by atoms with Gasteiger partial charge in [-0.3, -0.25) is 4.79 Å². The van der Waals surface area contributed by atoms with Gasteiger partial charge in [0.05, 0.1) is 26.9 Å². The molecular formula is C21H27NO4S. The van der Waals surface area contributed by atoms with Crippen molar-refractivity contribution in [3.8, 4) is 11.5 Å². The molecule has 1 aromatic heterocycles. The molecule has 1 aliphatic heterocycles. The fourth-order valence-corrected chi connectivity index (χ4v) is 4.02. The quantitative estimate of drug-likeness (QED) is 0.652. The first-order valence-electron chi connectivity index (χ1n) is 9.31. The zero-order valence-corrected chi connectivity index (χ0v) is 16.8. The number of hydrogen-bond donors (Lipinski definition) is 0. The van der Waals surface area contributed by atoms with Crippen LogP contribution in [0.4, 0.5) is 0 Å². The number of benzene rings is 1. The van der Waals surface area contributed by atoms with Gasteiger partial charge in [0.1, 0.15) is 11.5 Å². The second-order valence-electron chi connectivity index (χ2n) is 6.71. The molecule has 0 bridgehead atoms. The molecule has 1 aromatic carbocycles. The summed E-state index contributed by atoms with van der Waals surface area (Å²) in [5.41, 5.74) is 1.03. The van der Waals surface area contributed by atoms with Crippen LogP contribution in [0.1, 0.15) is 29.7 Å². The number of nitrogens with zero attached hydrogens (tertiary/aromatic N) is 1. The number of methoxy groups -OCH3 is 2. The number of amides is 1. The van der Waals surface area contributed by atoms with E-state index >= 15 is 0 Å². The Balaban J connectivity index is 1.64. The smallest absolute Gasteiger partial charge is 0.223 e. The first-order valence-corrected chi connectivity index (χ1v) is 10.2. The third-order valence-corrected chi connectivity index (χ3v) is 5.63. The van der Waals surface area contributed by atoms with Crippen LogP contribution in [-0.4, -0.2) is 44.3 Å². The number of carbonyl (C=O) groups excluding carboxylic acids is 1. The standard InChI is InChI=1S/C21H27NO4S/c1-24-18-11-16(12-19(13-18)25-2)7-8-21(23)22(14-17-5-3-9-26-17)15-20-6-4-10-27-20/h4,6,10-13,17H,3,5,7-9,14-15H2,1-2H3. The molecule has 1 atom stereocenters. The van der Waals surface area contributed by atoms with E-state index in [1.807, 2.05) is 34.5 Å². The van der Waals surface area contributed by atoms with E-state index in [-0.39, 0.29) is 12.0 Å². The molecule has 0 aliphatic carbocycles. The molecule has 3 rings (SSSR count). The maximum Gasteiger partial charge on any atom is 0.223 e. The van der Waals surface area contributed by atoms with E-state index in [2.05, 4.69) is 6.07 Å². The Morgan fingerprint density at radius 2 is 2.04 bits per heavy atom. The van der Waals surface area contributed by atoms with Crippen molar-refractivity contribution >= 4 is 17.2 Å².